The lowest BCUT2D eigenvalue weighted by Crippen LogP contribution is -3.00. The van der Waals surface area contributed by atoms with Gasteiger partial charge in [0.25, 0.3) is 0 Å². The van der Waals surface area contributed by atoms with E-state index in [4.69, 9.17) is 0 Å². The highest BCUT2D eigenvalue weighted by atomic mass is 19.4. The molecule has 0 N–H and O–H groups in total. The minimum absolute atomic E-state index is 0. The number of rotatable bonds is 2. The molecule has 0 aromatic heterocycles. The highest BCUT2D eigenvalue weighted by Gasteiger charge is 2.16. The van der Waals surface area contributed by atoms with Crippen LogP contribution in [0.4, 0.5) is 12.9 Å². The standard InChI is InChI=1S/C19H15.BF3.FH/c1-4-10-16(11-5-1)19(17-12-6-2-7-13-17)18-14-8-3-9-15-18;2-1(3)4;/h1-15H;;1H/q+1;;/p-1. The number of halogens is 4. The Balaban J connectivity index is 0.000000522. The Kier molecular flexibility index (Phi) is 8.19. The van der Waals surface area contributed by atoms with Gasteiger partial charge in [0.2, 0.25) is 0 Å². The molecule has 24 heavy (non-hydrogen) atoms. The molecule has 0 saturated heterocycles. The van der Waals surface area contributed by atoms with Crippen molar-refractivity contribution in [2.24, 2.45) is 0 Å². The molecule has 0 fully saturated rings. The molecule has 122 valence electrons. The molecule has 2 aromatic rings. The van der Waals surface area contributed by atoms with Crippen molar-refractivity contribution in [3.05, 3.63) is 108 Å². The third kappa shape index (κ3) is 5.84. The van der Waals surface area contributed by atoms with Gasteiger partial charge in [-0.2, -0.15) is 0 Å². The zero-order chi connectivity index (χ0) is 16.5. The average molecular weight is 330 g/mol. The summed E-state index contributed by atoms with van der Waals surface area (Å²) >= 11 is 0. The van der Waals surface area contributed by atoms with Gasteiger partial charge in [-0.25, -0.2) is 0 Å². The lowest BCUT2D eigenvalue weighted by atomic mass is 9.90. The Morgan fingerprint density at radius 1 is 0.750 bits per heavy atom. The van der Waals surface area contributed by atoms with Crippen molar-refractivity contribution in [3.63, 3.8) is 0 Å². The molecule has 3 rings (SSSR count). The second kappa shape index (κ2) is 10.2. The first-order chi connectivity index (χ1) is 11.2. The van der Waals surface area contributed by atoms with Gasteiger partial charge in [0.15, 0.2) is 0 Å². The second-order valence-electron chi connectivity index (χ2n) is 4.72. The van der Waals surface area contributed by atoms with Gasteiger partial charge in [0, 0.05) is 41.9 Å². The van der Waals surface area contributed by atoms with E-state index in [-0.39, 0.29) is 4.70 Å². The minimum atomic E-state index is -3.67. The largest absolute Gasteiger partial charge is 1.00 e. The van der Waals surface area contributed by atoms with Gasteiger partial charge in [0.1, 0.15) is 5.57 Å². The Morgan fingerprint density at radius 2 is 1.21 bits per heavy atom. The van der Waals surface area contributed by atoms with Crippen LogP contribution in [0.3, 0.4) is 0 Å². The Bertz CT molecular complexity index is 648. The van der Waals surface area contributed by atoms with E-state index < -0.39 is 7.54 Å². The predicted octanol–water partition coefficient (Wildman–Crippen LogP) is 2.70. The number of hydrogen-bond acceptors (Lipinski definition) is 0. The van der Waals surface area contributed by atoms with Crippen LogP contribution in [-0.2, 0) is 0 Å². The van der Waals surface area contributed by atoms with Crippen molar-refractivity contribution in [3.8, 4) is 0 Å². The van der Waals surface area contributed by atoms with Crippen molar-refractivity contribution < 1.29 is 17.7 Å². The van der Waals surface area contributed by atoms with E-state index in [0.717, 1.165) is 0 Å². The van der Waals surface area contributed by atoms with E-state index >= 15 is 0 Å². The smallest absolute Gasteiger partial charge is 0.762 e. The Labute approximate surface area is 139 Å². The maximum absolute atomic E-state index is 9.67. The van der Waals surface area contributed by atoms with Crippen LogP contribution < -0.4 is 4.70 Å². The first kappa shape index (κ1) is 19.4. The summed E-state index contributed by atoms with van der Waals surface area (Å²) in [6.07, 6.45) is 10.5. The van der Waals surface area contributed by atoms with E-state index in [1.165, 1.54) is 22.3 Å². The Hall–Kier alpha value is -2.69. The molecular formula is C19H15BF4. The number of allylic oxidation sites excluding steroid dienone is 5. The quantitative estimate of drug-likeness (QED) is 0.451. The van der Waals surface area contributed by atoms with E-state index in [1.807, 2.05) is 0 Å². The maximum Gasteiger partial charge on any atom is 0.762 e. The summed E-state index contributed by atoms with van der Waals surface area (Å²) in [4.78, 5) is 0. The van der Waals surface area contributed by atoms with Gasteiger partial charge in [-0.1, -0.05) is 36.4 Å². The van der Waals surface area contributed by atoms with Gasteiger partial charge in [-0.3, -0.25) is 12.9 Å². The fourth-order valence-corrected chi connectivity index (χ4v) is 2.31. The number of hydrogen-bond donors (Lipinski definition) is 0. The van der Waals surface area contributed by atoms with Gasteiger partial charge in [-0.15, -0.1) is 0 Å². The molecule has 0 nitrogen and oxygen atoms in total. The molecule has 0 bridgehead atoms. The molecule has 1 aliphatic carbocycles. The van der Waals surface area contributed by atoms with Crippen molar-refractivity contribution in [2.45, 2.75) is 0 Å². The summed E-state index contributed by atoms with van der Waals surface area (Å²) in [6.45, 7) is 0. The highest BCUT2D eigenvalue weighted by molar-refractivity contribution is 6.33. The molecule has 0 heterocycles. The Morgan fingerprint density at radius 3 is 1.58 bits per heavy atom. The average Bonchev–Trinajstić information content (AvgIpc) is 2.58. The van der Waals surface area contributed by atoms with Crippen LogP contribution in [0.5, 0.6) is 0 Å². The molecule has 0 amide bonds. The molecule has 0 atom stereocenters. The zero-order valence-electron chi connectivity index (χ0n) is 12.7. The van der Waals surface area contributed by atoms with Gasteiger partial charge in [-0.05, 0) is 24.3 Å². The molecule has 5 heteroatoms. The summed E-state index contributed by atoms with van der Waals surface area (Å²) in [5.41, 5.74) is 5.03. The molecule has 0 aliphatic heterocycles. The second-order valence-corrected chi connectivity index (χ2v) is 4.72. The SMILES string of the molecule is C1=C[CH+]C(=C(c2ccccc2)c2ccccc2)C=C1.FB(F)F.[F-]. The summed E-state index contributed by atoms with van der Waals surface area (Å²) in [5, 5.41) is 0. The van der Waals surface area contributed by atoms with Gasteiger partial charge >= 0.3 is 7.54 Å². The maximum atomic E-state index is 9.67. The van der Waals surface area contributed by atoms with Crippen molar-refractivity contribution in [2.75, 3.05) is 0 Å². The van der Waals surface area contributed by atoms with Crippen LogP contribution in [0.25, 0.3) is 5.57 Å². The van der Waals surface area contributed by atoms with Crippen LogP contribution >= 0.6 is 0 Å². The van der Waals surface area contributed by atoms with Crippen LogP contribution in [0, 0.1) is 6.42 Å². The first-order valence-corrected chi connectivity index (χ1v) is 7.14. The zero-order valence-corrected chi connectivity index (χ0v) is 12.7. The van der Waals surface area contributed by atoms with E-state index in [0.29, 0.717) is 0 Å². The van der Waals surface area contributed by atoms with Crippen LogP contribution in [0.2, 0.25) is 0 Å². The predicted molar refractivity (Wildman–Crippen MR) is 90.6 cm³/mol. The van der Waals surface area contributed by atoms with Crippen LogP contribution in [-0.4, -0.2) is 7.54 Å². The third-order valence-electron chi connectivity index (χ3n) is 3.19. The van der Waals surface area contributed by atoms with Crippen molar-refractivity contribution in [1.82, 2.24) is 0 Å². The van der Waals surface area contributed by atoms with Gasteiger partial charge < -0.3 is 4.70 Å². The third-order valence-corrected chi connectivity index (χ3v) is 3.19. The molecular weight excluding hydrogens is 315 g/mol. The summed E-state index contributed by atoms with van der Waals surface area (Å²) < 4.78 is 29.0. The lowest BCUT2D eigenvalue weighted by molar-refractivity contribution is -0.00000722. The molecule has 1 aliphatic rings. The van der Waals surface area contributed by atoms with E-state index in [2.05, 4.69) is 91.4 Å². The monoisotopic (exact) mass is 330 g/mol. The fraction of sp³-hybridized carbons (Fsp3) is 0. The lowest BCUT2D eigenvalue weighted by Gasteiger charge is -2.08. The highest BCUT2D eigenvalue weighted by Crippen LogP contribution is 2.29. The van der Waals surface area contributed by atoms with Crippen LogP contribution in [0.15, 0.2) is 90.5 Å². The van der Waals surface area contributed by atoms with E-state index in [9.17, 15) is 12.9 Å². The van der Waals surface area contributed by atoms with E-state index in [1.54, 1.807) is 0 Å². The summed E-state index contributed by atoms with van der Waals surface area (Å²) in [5.74, 6) is 0. The molecule has 2 aromatic carbocycles. The molecule has 0 radical (unpaired) electrons. The molecule has 0 unspecified atom stereocenters. The fourth-order valence-electron chi connectivity index (χ4n) is 2.31. The number of benzene rings is 2. The molecule has 0 saturated carbocycles. The normalized spacial score (nSPS) is 11.5. The van der Waals surface area contributed by atoms with Crippen molar-refractivity contribution in [1.29, 1.82) is 0 Å². The summed E-state index contributed by atoms with van der Waals surface area (Å²) in [7, 11) is -3.67. The first-order valence-electron chi connectivity index (χ1n) is 7.14. The topological polar surface area (TPSA) is 0 Å². The van der Waals surface area contributed by atoms with Crippen LogP contribution in [0.1, 0.15) is 11.1 Å². The minimum Gasteiger partial charge on any atom is -1.00 e. The summed E-state index contributed by atoms with van der Waals surface area (Å²) in [6, 6.07) is 21.1. The van der Waals surface area contributed by atoms with Crippen molar-refractivity contribution >= 4 is 13.1 Å². The molecule has 0 spiro atoms. The van der Waals surface area contributed by atoms with Gasteiger partial charge in [0.05, 0.1) is 5.57 Å².